The van der Waals surface area contributed by atoms with Crippen molar-refractivity contribution in [2.45, 2.75) is 168 Å². The Morgan fingerprint density at radius 2 is 1.68 bits per heavy atom. The zero-order valence-corrected chi connectivity index (χ0v) is 37.0. The molecule has 7 nitrogen and oxygen atoms in total. The van der Waals surface area contributed by atoms with E-state index >= 15 is 0 Å². The quantitative estimate of drug-likeness (QED) is 0.139. The number of carbonyl (C=O) groups is 2. The number of carbonyl (C=O) groups excluding carboxylic acids is 2. The van der Waals surface area contributed by atoms with Crippen LogP contribution in [0.1, 0.15) is 160 Å². The highest BCUT2D eigenvalue weighted by molar-refractivity contribution is 6.00. The highest BCUT2D eigenvalue weighted by atomic mass is 16.6. The molecule has 1 heterocycles. The zero-order chi connectivity index (χ0) is 41.9. The Balaban J connectivity index is 1.01. The molecular formula is C52H72N2O5. The van der Waals surface area contributed by atoms with Gasteiger partial charge in [0.2, 0.25) is 0 Å². The first-order valence-corrected chi connectivity index (χ1v) is 23.5. The fourth-order valence-corrected chi connectivity index (χ4v) is 16.3. The van der Waals surface area contributed by atoms with Crippen LogP contribution in [0, 0.1) is 51.2 Å². The predicted octanol–water partition coefficient (Wildman–Crippen LogP) is 10.2. The smallest absolute Gasteiger partial charge is 0.159 e. The number of allylic oxidation sites excluding steroid dienone is 2. The summed E-state index contributed by atoms with van der Waals surface area (Å²) in [5.41, 5.74) is 11.3. The van der Waals surface area contributed by atoms with Gasteiger partial charge in [0.05, 0.1) is 11.7 Å². The third-order valence-corrected chi connectivity index (χ3v) is 19.0. The topological polar surface area (TPSA) is 125 Å². The van der Waals surface area contributed by atoms with Crippen LogP contribution < -0.4 is 11.1 Å². The molecule has 0 radical (unpaired) electrons. The molecule has 9 rings (SSSR count). The van der Waals surface area contributed by atoms with E-state index in [0.717, 1.165) is 73.8 Å². The minimum absolute atomic E-state index is 0.0281. The van der Waals surface area contributed by atoms with Crippen molar-refractivity contribution in [2.75, 3.05) is 12.8 Å². The van der Waals surface area contributed by atoms with E-state index in [1.54, 1.807) is 0 Å². The van der Waals surface area contributed by atoms with Crippen molar-refractivity contribution in [1.82, 2.24) is 5.32 Å². The fraction of sp³-hybridized carbons (Fsp3) is 0.692. The summed E-state index contributed by atoms with van der Waals surface area (Å²) in [6.45, 7) is 14.5. The Kier molecular flexibility index (Phi) is 10.2. The summed E-state index contributed by atoms with van der Waals surface area (Å²) in [6, 6.07) is 14.1. The highest BCUT2D eigenvalue weighted by Gasteiger charge is 2.72. The number of nitrogen functional groups attached to an aromatic ring is 1. The SMILES string of the molecule is CNCc1cc(O)cc([C@@H]2C[C@]3(C4CCCC4)[C@H](CC[C@@]4(C)[C@H]3CCC3=C([C@H](C)C[C@@H](O)[C@@H]5O[C@]5(C)[C@H]5CCC[C@H]5c5cccc(N)c5)C(=O)C[C@@]34C)C(C)(C)C2=O)c1. The fourth-order valence-electron chi connectivity index (χ4n) is 16.3. The number of aliphatic hydroxyl groups excluding tert-OH is 1. The molecule has 6 fully saturated rings. The average Bonchev–Trinajstić information content (AvgIpc) is 3.61. The van der Waals surface area contributed by atoms with Crippen molar-refractivity contribution in [3.8, 4) is 5.75 Å². The van der Waals surface area contributed by atoms with Crippen molar-refractivity contribution in [1.29, 1.82) is 0 Å². The first-order chi connectivity index (χ1) is 28.0. The second-order valence-electron chi connectivity index (χ2n) is 22.1. The number of hydrogen-bond donors (Lipinski definition) is 4. The molecule has 0 bridgehead atoms. The van der Waals surface area contributed by atoms with Crippen LogP contribution in [0.15, 0.2) is 53.6 Å². The minimum atomic E-state index is -0.636. The van der Waals surface area contributed by atoms with Gasteiger partial charge in [0.15, 0.2) is 5.78 Å². The van der Waals surface area contributed by atoms with Gasteiger partial charge in [0, 0.05) is 35.4 Å². The molecular weight excluding hydrogens is 733 g/mol. The van der Waals surface area contributed by atoms with Crippen molar-refractivity contribution >= 4 is 17.3 Å². The molecule has 5 saturated carbocycles. The monoisotopic (exact) mass is 805 g/mol. The normalized spacial score (nSPS) is 40.1. The van der Waals surface area contributed by atoms with E-state index < -0.39 is 11.5 Å². The van der Waals surface area contributed by atoms with Crippen LogP contribution in [-0.4, -0.2) is 46.6 Å². The summed E-state index contributed by atoms with van der Waals surface area (Å²) in [5.74, 6) is 2.47. The number of aromatic hydroxyl groups is 1. The number of anilines is 1. The lowest BCUT2D eigenvalue weighted by molar-refractivity contribution is -0.207. The second kappa shape index (κ2) is 14.5. The summed E-state index contributed by atoms with van der Waals surface area (Å²) in [4.78, 5) is 29.5. The number of Topliss-reactive ketones (excluding diaryl/α,β-unsaturated/α-hetero) is 2. The molecule has 2 aromatic carbocycles. The van der Waals surface area contributed by atoms with Gasteiger partial charge in [-0.15, -0.1) is 0 Å². The molecule has 7 heteroatoms. The number of phenols is 1. The molecule has 59 heavy (non-hydrogen) atoms. The second-order valence-corrected chi connectivity index (χ2v) is 22.1. The molecule has 12 atom stereocenters. The van der Waals surface area contributed by atoms with Crippen LogP contribution in [0.3, 0.4) is 0 Å². The van der Waals surface area contributed by atoms with Gasteiger partial charge >= 0.3 is 0 Å². The summed E-state index contributed by atoms with van der Waals surface area (Å²) in [7, 11) is 1.92. The Hall–Kier alpha value is -3.00. The van der Waals surface area contributed by atoms with Gasteiger partial charge in [0.25, 0.3) is 0 Å². The van der Waals surface area contributed by atoms with E-state index in [4.69, 9.17) is 10.5 Å². The largest absolute Gasteiger partial charge is 0.508 e. The predicted molar refractivity (Wildman–Crippen MR) is 234 cm³/mol. The van der Waals surface area contributed by atoms with E-state index in [1.807, 2.05) is 31.3 Å². The number of aliphatic hydroxyl groups is 1. The van der Waals surface area contributed by atoms with Gasteiger partial charge in [0.1, 0.15) is 17.6 Å². The van der Waals surface area contributed by atoms with Crippen molar-refractivity contribution < 1.29 is 24.5 Å². The molecule has 0 aromatic heterocycles. The number of epoxide rings is 1. The Morgan fingerprint density at radius 3 is 2.41 bits per heavy atom. The average molecular weight is 805 g/mol. The minimum Gasteiger partial charge on any atom is -0.508 e. The third kappa shape index (κ3) is 6.19. The summed E-state index contributed by atoms with van der Waals surface area (Å²) in [6.07, 6.45) is 13.3. The maximum Gasteiger partial charge on any atom is 0.159 e. The molecule has 0 unspecified atom stereocenters. The maximum absolute atomic E-state index is 14.9. The van der Waals surface area contributed by atoms with E-state index in [2.05, 4.69) is 65.1 Å². The molecule has 7 aliphatic rings. The molecule has 6 aliphatic carbocycles. The number of ketones is 2. The van der Waals surface area contributed by atoms with E-state index in [-0.39, 0.29) is 51.3 Å². The van der Waals surface area contributed by atoms with Crippen LogP contribution in [0.25, 0.3) is 0 Å². The van der Waals surface area contributed by atoms with Gasteiger partial charge in [-0.1, -0.05) is 77.7 Å². The van der Waals surface area contributed by atoms with E-state index in [1.165, 1.54) is 36.8 Å². The van der Waals surface area contributed by atoms with Gasteiger partial charge in [-0.05, 0) is 171 Å². The molecule has 1 aliphatic heterocycles. The summed E-state index contributed by atoms with van der Waals surface area (Å²) >= 11 is 0. The first kappa shape index (κ1) is 41.4. The number of fused-ring (bicyclic) bond motifs is 5. The number of rotatable bonds is 10. The van der Waals surface area contributed by atoms with E-state index in [9.17, 15) is 19.8 Å². The standard InChI is InChI=1S/C52H72N2O5/c1-30(22-41(56)47-51(6,59-47)39-17-11-16-37(39)32-12-10-15-35(53)25-32)45-40-18-19-44-49(4,50(40,5)28-42(45)57)21-20-43-48(2,3)46(58)38(27-52(43,44)34-13-8-9-14-34)33-23-31(29-54-7)24-36(55)26-33/h10,12,15,23-26,30,34,37-39,41,43-44,47,54-56H,8-9,11,13-14,16-22,27-29,53H2,1-7H3/t30-,37+,38+,39+,41-,43-,44-,47+,49+,50+,51-,52+/m1/s1. The van der Waals surface area contributed by atoms with Gasteiger partial charge in [-0.3, -0.25) is 9.59 Å². The van der Waals surface area contributed by atoms with Crippen LogP contribution in [0.2, 0.25) is 0 Å². The number of ether oxygens (including phenoxy) is 1. The molecule has 1 saturated heterocycles. The Morgan fingerprint density at radius 1 is 0.915 bits per heavy atom. The van der Waals surface area contributed by atoms with Crippen molar-refractivity contribution in [3.63, 3.8) is 0 Å². The van der Waals surface area contributed by atoms with Gasteiger partial charge in [-0.2, -0.15) is 0 Å². The summed E-state index contributed by atoms with van der Waals surface area (Å²) < 4.78 is 6.51. The van der Waals surface area contributed by atoms with Crippen LogP contribution >= 0.6 is 0 Å². The number of nitrogens with two attached hydrogens (primary N) is 1. The summed E-state index contributed by atoms with van der Waals surface area (Å²) in [5, 5.41) is 26.1. The number of phenolic OH excluding ortho intramolecular Hbond substituents is 1. The van der Waals surface area contributed by atoms with Crippen molar-refractivity contribution in [2.24, 2.45) is 51.2 Å². The molecule has 2 aromatic rings. The molecule has 320 valence electrons. The molecule has 0 spiro atoms. The number of benzene rings is 2. The van der Waals surface area contributed by atoms with Crippen LogP contribution in [0.4, 0.5) is 5.69 Å². The van der Waals surface area contributed by atoms with Crippen LogP contribution in [-0.2, 0) is 20.9 Å². The zero-order valence-electron chi connectivity index (χ0n) is 37.0. The number of nitrogens with one attached hydrogen (secondary N) is 1. The molecule has 0 amide bonds. The van der Waals surface area contributed by atoms with Crippen LogP contribution in [0.5, 0.6) is 5.75 Å². The maximum atomic E-state index is 14.9. The lowest BCUT2D eigenvalue weighted by Crippen LogP contribution is -2.66. The van der Waals surface area contributed by atoms with Crippen molar-refractivity contribution in [3.05, 3.63) is 70.3 Å². The first-order valence-electron chi connectivity index (χ1n) is 23.5. The highest BCUT2D eigenvalue weighted by Crippen LogP contribution is 2.77. The lowest BCUT2D eigenvalue weighted by Gasteiger charge is -2.71. The third-order valence-electron chi connectivity index (χ3n) is 19.0. The van der Waals surface area contributed by atoms with Gasteiger partial charge in [-0.25, -0.2) is 0 Å². The van der Waals surface area contributed by atoms with Gasteiger partial charge < -0.3 is 26.0 Å². The van der Waals surface area contributed by atoms with E-state index in [0.29, 0.717) is 54.8 Å². The molecule has 5 N–H and O–H groups in total. The Labute approximate surface area is 353 Å². The number of hydrogen-bond acceptors (Lipinski definition) is 7. The lowest BCUT2D eigenvalue weighted by atomic mass is 9.33. The Bertz CT molecular complexity index is 2030.